The normalized spacial score (nSPS) is 17.3. The molecule has 1 N–H and O–H groups in total. The van der Waals surface area contributed by atoms with Gasteiger partial charge in [-0.3, -0.25) is 9.52 Å². The number of benzene rings is 2. The summed E-state index contributed by atoms with van der Waals surface area (Å²) in [7, 11) is -3.95. The van der Waals surface area contributed by atoms with Crippen LogP contribution in [0.4, 0.5) is 29.3 Å². The number of carbonyl (C=O) groups excluding carboxylic acids is 2. The molecule has 260 valence electrons. The number of carbonyl (C=O) groups is 2. The van der Waals surface area contributed by atoms with E-state index in [0.29, 0.717) is 25.2 Å². The Morgan fingerprint density at radius 2 is 1.75 bits per heavy atom. The second-order valence-electron chi connectivity index (χ2n) is 13.0. The topological polar surface area (TPSA) is 139 Å². The molecule has 1 aromatic heterocycles. The summed E-state index contributed by atoms with van der Waals surface area (Å²) in [5.41, 5.74) is 1.09. The number of rotatable bonds is 5. The van der Waals surface area contributed by atoms with Crippen molar-refractivity contribution in [2.75, 3.05) is 42.1 Å². The zero-order chi connectivity index (χ0) is 35.3. The van der Waals surface area contributed by atoms with Crippen molar-refractivity contribution in [1.82, 2.24) is 9.80 Å². The van der Waals surface area contributed by atoms with Crippen molar-refractivity contribution in [2.45, 2.75) is 65.6 Å². The number of hydrogen-bond donors (Lipinski definition) is 1. The molecule has 5 rings (SSSR count). The standard InChI is InChI=1S/C32H37F3N4O8S/c1-18-16-37(13-14-39(18)30(42)47-31(3,4)5)25-10-8-22-21-11-12-38(17-23(21)29(41)45-27(22)19(25)2)28(40)20-7-9-24(36-48(6,43)44)26(15-20)46-32(33,34)35/h7-10,15,18,36H,11-14,16-17H2,1-6H3/t18-/m0/s1. The van der Waals surface area contributed by atoms with Crippen molar-refractivity contribution in [1.29, 1.82) is 0 Å². The number of sulfonamides is 1. The molecule has 1 saturated heterocycles. The van der Waals surface area contributed by atoms with Gasteiger partial charge in [-0.05, 0) is 76.9 Å². The molecule has 0 spiro atoms. The molecule has 0 aliphatic carbocycles. The third kappa shape index (κ3) is 7.63. The number of fused-ring (bicyclic) bond motifs is 3. The molecular weight excluding hydrogens is 657 g/mol. The van der Waals surface area contributed by atoms with Gasteiger partial charge in [0.2, 0.25) is 10.0 Å². The van der Waals surface area contributed by atoms with Gasteiger partial charge in [0.05, 0.1) is 24.1 Å². The van der Waals surface area contributed by atoms with Gasteiger partial charge in [0.15, 0.2) is 5.75 Å². The molecule has 0 bridgehead atoms. The molecule has 1 fully saturated rings. The molecule has 2 aliphatic heterocycles. The summed E-state index contributed by atoms with van der Waals surface area (Å²) in [6.45, 7) is 10.8. The lowest BCUT2D eigenvalue weighted by molar-refractivity contribution is -0.274. The Kier molecular flexibility index (Phi) is 9.09. The van der Waals surface area contributed by atoms with E-state index in [2.05, 4.69) is 9.64 Å². The van der Waals surface area contributed by atoms with Crippen LogP contribution in [0.2, 0.25) is 0 Å². The molecular formula is C32H37F3N4O8S. The number of amides is 2. The summed E-state index contributed by atoms with van der Waals surface area (Å²) < 4.78 is 79.9. The number of nitrogens with zero attached hydrogens (tertiary/aromatic N) is 3. The number of hydrogen-bond acceptors (Lipinski definition) is 9. The first-order valence-electron chi connectivity index (χ1n) is 15.2. The fraction of sp³-hybridized carbons (Fsp3) is 0.469. The highest BCUT2D eigenvalue weighted by atomic mass is 32.2. The van der Waals surface area contributed by atoms with Crippen LogP contribution in [0.25, 0.3) is 11.0 Å². The highest BCUT2D eigenvalue weighted by molar-refractivity contribution is 7.92. The molecule has 48 heavy (non-hydrogen) atoms. The smallest absolute Gasteiger partial charge is 0.444 e. The van der Waals surface area contributed by atoms with Crippen LogP contribution >= 0.6 is 0 Å². The van der Waals surface area contributed by atoms with Crippen molar-refractivity contribution in [3.8, 4) is 5.75 Å². The van der Waals surface area contributed by atoms with Crippen molar-refractivity contribution in [3.05, 3.63) is 63.0 Å². The van der Waals surface area contributed by atoms with Gasteiger partial charge in [-0.1, -0.05) is 0 Å². The average Bonchev–Trinajstić information content (AvgIpc) is 2.96. The Balaban J connectivity index is 1.38. The average molecular weight is 695 g/mol. The first-order chi connectivity index (χ1) is 22.2. The summed E-state index contributed by atoms with van der Waals surface area (Å²) in [5.74, 6) is -1.57. The van der Waals surface area contributed by atoms with Gasteiger partial charge in [0.1, 0.15) is 11.2 Å². The van der Waals surface area contributed by atoms with Crippen LogP contribution in [0.5, 0.6) is 5.75 Å². The van der Waals surface area contributed by atoms with Crippen LogP contribution in [0.15, 0.2) is 39.5 Å². The molecule has 2 aliphatic rings. The first kappa shape index (κ1) is 34.9. The van der Waals surface area contributed by atoms with E-state index in [1.165, 1.54) is 11.0 Å². The first-order valence-corrected chi connectivity index (χ1v) is 17.1. The Bertz CT molecular complexity index is 1940. The lowest BCUT2D eigenvalue weighted by atomic mass is 9.95. The molecule has 16 heteroatoms. The molecule has 2 amide bonds. The Morgan fingerprint density at radius 1 is 1.04 bits per heavy atom. The molecule has 0 unspecified atom stereocenters. The summed E-state index contributed by atoms with van der Waals surface area (Å²) in [6.07, 6.45) is -4.47. The predicted molar refractivity (Wildman–Crippen MR) is 172 cm³/mol. The maximum Gasteiger partial charge on any atom is 0.573 e. The number of alkyl halides is 3. The molecule has 0 saturated carbocycles. The van der Waals surface area contributed by atoms with Gasteiger partial charge in [-0.25, -0.2) is 18.0 Å². The predicted octanol–water partition coefficient (Wildman–Crippen LogP) is 5.02. The molecule has 1 atom stereocenters. The zero-order valence-electron chi connectivity index (χ0n) is 27.4. The van der Waals surface area contributed by atoms with E-state index in [4.69, 9.17) is 9.15 Å². The maximum atomic E-state index is 13.4. The zero-order valence-corrected chi connectivity index (χ0v) is 28.2. The van der Waals surface area contributed by atoms with E-state index in [1.807, 2.05) is 51.5 Å². The number of ether oxygens (including phenoxy) is 2. The van der Waals surface area contributed by atoms with Gasteiger partial charge in [0, 0.05) is 54.4 Å². The van der Waals surface area contributed by atoms with Crippen LogP contribution < -0.4 is 20.0 Å². The van der Waals surface area contributed by atoms with Crippen LogP contribution in [0, 0.1) is 6.92 Å². The molecule has 2 aromatic carbocycles. The quantitative estimate of drug-likeness (QED) is 0.365. The monoisotopic (exact) mass is 694 g/mol. The minimum atomic E-state index is -5.15. The molecule has 3 heterocycles. The van der Waals surface area contributed by atoms with Crippen LogP contribution in [0.3, 0.4) is 0 Å². The van der Waals surface area contributed by atoms with Crippen LogP contribution in [0.1, 0.15) is 54.7 Å². The Hall–Kier alpha value is -4.47. The van der Waals surface area contributed by atoms with E-state index >= 15 is 0 Å². The van der Waals surface area contributed by atoms with E-state index < -0.39 is 45.0 Å². The van der Waals surface area contributed by atoms with E-state index in [1.54, 1.807) is 4.90 Å². The third-order valence-electron chi connectivity index (χ3n) is 8.12. The second kappa shape index (κ2) is 12.5. The number of nitrogens with one attached hydrogen (secondary N) is 1. The van der Waals surface area contributed by atoms with Gasteiger partial charge >= 0.3 is 18.1 Å². The second-order valence-corrected chi connectivity index (χ2v) is 14.8. The lowest BCUT2D eigenvalue weighted by Gasteiger charge is -2.41. The SMILES string of the molecule is Cc1c(N2CCN(C(=O)OC(C)(C)C)[C@@H](C)C2)ccc2c3c(c(=O)oc12)CN(C(=O)c1ccc(NS(C)(=O)=O)c(OC(F)(F)F)c1)CC3. The van der Waals surface area contributed by atoms with E-state index in [9.17, 15) is 36.0 Å². The van der Waals surface area contributed by atoms with Crippen molar-refractivity contribution < 1.29 is 45.1 Å². The van der Waals surface area contributed by atoms with Gasteiger partial charge in [-0.15, -0.1) is 13.2 Å². The lowest BCUT2D eigenvalue weighted by Crippen LogP contribution is -2.55. The number of halogens is 3. The van der Waals surface area contributed by atoms with Crippen molar-refractivity contribution >= 4 is 44.4 Å². The van der Waals surface area contributed by atoms with Crippen LogP contribution in [-0.4, -0.2) is 80.7 Å². The minimum Gasteiger partial charge on any atom is -0.444 e. The fourth-order valence-electron chi connectivity index (χ4n) is 6.07. The highest BCUT2D eigenvalue weighted by Crippen LogP contribution is 2.35. The summed E-state index contributed by atoms with van der Waals surface area (Å²) in [4.78, 5) is 44.6. The van der Waals surface area contributed by atoms with Gasteiger partial charge in [0.25, 0.3) is 5.91 Å². The van der Waals surface area contributed by atoms with E-state index in [0.717, 1.165) is 40.6 Å². The van der Waals surface area contributed by atoms with Gasteiger partial charge < -0.3 is 28.6 Å². The Morgan fingerprint density at radius 3 is 2.38 bits per heavy atom. The fourth-order valence-corrected chi connectivity index (χ4v) is 6.64. The van der Waals surface area contributed by atoms with Crippen LogP contribution in [-0.2, 0) is 27.7 Å². The molecule has 0 radical (unpaired) electrons. The summed E-state index contributed by atoms with van der Waals surface area (Å²) in [6, 6.07) is 6.67. The highest BCUT2D eigenvalue weighted by Gasteiger charge is 2.35. The maximum absolute atomic E-state index is 13.4. The van der Waals surface area contributed by atoms with Crippen molar-refractivity contribution in [3.63, 3.8) is 0 Å². The summed E-state index contributed by atoms with van der Waals surface area (Å²) >= 11 is 0. The van der Waals surface area contributed by atoms with Gasteiger partial charge in [-0.2, -0.15) is 0 Å². The molecule has 3 aromatic rings. The number of anilines is 2. The molecule has 12 nitrogen and oxygen atoms in total. The van der Waals surface area contributed by atoms with Crippen molar-refractivity contribution in [2.24, 2.45) is 0 Å². The third-order valence-corrected chi connectivity index (χ3v) is 8.71. The summed E-state index contributed by atoms with van der Waals surface area (Å²) in [5, 5.41) is 0.718. The Labute approximate surface area is 275 Å². The largest absolute Gasteiger partial charge is 0.573 e. The van der Waals surface area contributed by atoms with E-state index in [-0.39, 0.29) is 42.8 Å². The number of aryl methyl sites for hydroxylation is 1. The minimum absolute atomic E-state index is 0.133. The number of piperazine rings is 1.